The Morgan fingerprint density at radius 3 is 3.00 bits per heavy atom. The molecule has 1 amide bonds. The van der Waals surface area contributed by atoms with E-state index in [0.717, 1.165) is 54.7 Å². The number of benzene rings is 2. The van der Waals surface area contributed by atoms with E-state index >= 15 is 0 Å². The van der Waals surface area contributed by atoms with Crippen molar-refractivity contribution in [2.75, 3.05) is 33.3 Å². The second kappa shape index (κ2) is 9.59. The zero-order chi connectivity index (χ0) is 20.8. The number of hydrogen-bond donors (Lipinski definition) is 2. The molecule has 1 unspecified atom stereocenters. The van der Waals surface area contributed by atoms with Crippen molar-refractivity contribution in [1.82, 2.24) is 20.4 Å². The predicted molar refractivity (Wildman–Crippen MR) is 120 cm³/mol. The smallest absolute Gasteiger partial charge is 0.272 e. The molecule has 0 radical (unpaired) electrons. The Hall–Kier alpha value is -3.12. The number of likely N-dealkylation sites (tertiary alicyclic amines) is 1. The summed E-state index contributed by atoms with van der Waals surface area (Å²) in [6.45, 7) is 3.64. The molecule has 4 rings (SSSR count). The van der Waals surface area contributed by atoms with E-state index < -0.39 is 0 Å². The van der Waals surface area contributed by atoms with Gasteiger partial charge in [-0.25, -0.2) is 0 Å². The fraction of sp³-hybridized carbons (Fsp3) is 0.333. The number of piperidine rings is 1. The first-order chi connectivity index (χ1) is 14.7. The molecule has 6 heteroatoms. The number of aromatic amines is 1. The number of ether oxygens (including phenoxy) is 1. The van der Waals surface area contributed by atoms with Crippen LogP contribution in [0.15, 0.2) is 54.6 Å². The monoisotopic (exact) mass is 404 g/mol. The van der Waals surface area contributed by atoms with Crippen molar-refractivity contribution in [3.05, 3.63) is 65.9 Å². The normalized spacial score (nSPS) is 17.4. The first-order valence-electron chi connectivity index (χ1n) is 10.5. The van der Waals surface area contributed by atoms with E-state index in [4.69, 9.17) is 4.74 Å². The van der Waals surface area contributed by atoms with Crippen LogP contribution in [0.5, 0.6) is 5.75 Å². The molecule has 1 fully saturated rings. The van der Waals surface area contributed by atoms with E-state index in [9.17, 15) is 4.79 Å². The van der Waals surface area contributed by atoms with Gasteiger partial charge in [-0.15, -0.1) is 0 Å². The molecule has 0 spiro atoms. The fourth-order valence-electron chi connectivity index (χ4n) is 4.07. The van der Waals surface area contributed by atoms with Gasteiger partial charge in [-0.3, -0.25) is 14.8 Å². The Balaban J connectivity index is 1.29. The number of rotatable bonds is 7. The SMILES string of the molecule is COc1ccccc1C=CCN1CCCC(CNC(=O)c2n[nH]c3ccccc23)C1. The summed E-state index contributed by atoms with van der Waals surface area (Å²) in [5.41, 5.74) is 2.44. The fourth-order valence-corrected chi connectivity index (χ4v) is 4.07. The molecule has 1 saturated heterocycles. The van der Waals surface area contributed by atoms with Crippen LogP contribution in [0.1, 0.15) is 28.9 Å². The minimum absolute atomic E-state index is 0.111. The lowest BCUT2D eigenvalue weighted by atomic mass is 9.98. The quantitative estimate of drug-likeness (QED) is 0.630. The molecule has 0 bridgehead atoms. The third kappa shape index (κ3) is 4.71. The van der Waals surface area contributed by atoms with Gasteiger partial charge in [0.05, 0.1) is 12.6 Å². The summed E-state index contributed by atoms with van der Waals surface area (Å²) in [4.78, 5) is 15.0. The minimum Gasteiger partial charge on any atom is -0.496 e. The third-order valence-electron chi connectivity index (χ3n) is 5.64. The molecule has 2 N–H and O–H groups in total. The van der Waals surface area contributed by atoms with Gasteiger partial charge < -0.3 is 10.1 Å². The number of para-hydroxylation sites is 2. The summed E-state index contributed by atoms with van der Waals surface area (Å²) in [7, 11) is 1.70. The summed E-state index contributed by atoms with van der Waals surface area (Å²) < 4.78 is 5.40. The van der Waals surface area contributed by atoms with Crippen molar-refractivity contribution < 1.29 is 9.53 Å². The summed E-state index contributed by atoms with van der Waals surface area (Å²) >= 11 is 0. The summed E-state index contributed by atoms with van der Waals surface area (Å²) in [6.07, 6.45) is 6.59. The van der Waals surface area contributed by atoms with Crippen LogP contribution in [0.2, 0.25) is 0 Å². The van der Waals surface area contributed by atoms with E-state index in [1.54, 1.807) is 7.11 Å². The average molecular weight is 405 g/mol. The Labute approximate surface area is 176 Å². The van der Waals surface area contributed by atoms with Crippen LogP contribution in [0.3, 0.4) is 0 Å². The average Bonchev–Trinajstić information content (AvgIpc) is 3.22. The molecule has 0 saturated carbocycles. The molecule has 0 aliphatic carbocycles. The van der Waals surface area contributed by atoms with Crippen molar-refractivity contribution in [3.63, 3.8) is 0 Å². The van der Waals surface area contributed by atoms with Crippen LogP contribution < -0.4 is 10.1 Å². The van der Waals surface area contributed by atoms with Crippen molar-refractivity contribution in [2.24, 2.45) is 5.92 Å². The topological polar surface area (TPSA) is 70.2 Å². The number of aromatic nitrogens is 2. The number of methoxy groups -OCH3 is 1. The largest absolute Gasteiger partial charge is 0.496 e. The lowest BCUT2D eigenvalue weighted by molar-refractivity contribution is 0.0931. The summed E-state index contributed by atoms with van der Waals surface area (Å²) in [5, 5.41) is 11.1. The number of hydrogen-bond acceptors (Lipinski definition) is 4. The highest BCUT2D eigenvalue weighted by molar-refractivity contribution is 6.04. The highest BCUT2D eigenvalue weighted by Crippen LogP contribution is 2.20. The number of amides is 1. The van der Waals surface area contributed by atoms with Crippen LogP contribution in [-0.4, -0.2) is 54.3 Å². The van der Waals surface area contributed by atoms with Crippen LogP contribution in [-0.2, 0) is 0 Å². The molecule has 1 aromatic heterocycles. The predicted octanol–water partition coefficient (Wildman–Crippen LogP) is 3.73. The van der Waals surface area contributed by atoms with Gasteiger partial charge in [0.25, 0.3) is 5.91 Å². The van der Waals surface area contributed by atoms with Gasteiger partial charge in [0.1, 0.15) is 5.75 Å². The number of carbonyl (C=O) groups excluding carboxylic acids is 1. The molecule has 3 aromatic rings. The lowest BCUT2D eigenvalue weighted by Crippen LogP contribution is -2.41. The molecule has 1 atom stereocenters. The molecular formula is C24H28N4O2. The highest BCUT2D eigenvalue weighted by atomic mass is 16.5. The van der Waals surface area contributed by atoms with Gasteiger partial charge in [0.15, 0.2) is 5.69 Å². The van der Waals surface area contributed by atoms with E-state index in [2.05, 4.69) is 38.6 Å². The maximum absolute atomic E-state index is 12.6. The van der Waals surface area contributed by atoms with Gasteiger partial charge >= 0.3 is 0 Å². The van der Waals surface area contributed by atoms with E-state index in [-0.39, 0.29) is 5.91 Å². The maximum atomic E-state index is 12.6. The zero-order valence-corrected chi connectivity index (χ0v) is 17.3. The second-order valence-corrected chi connectivity index (χ2v) is 7.74. The molecule has 2 heterocycles. The molecule has 6 nitrogen and oxygen atoms in total. The van der Waals surface area contributed by atoms with Gasteiger partial charge in [0.2, 0.25) is 0 Å². The van der Waals surface area contributed by atoms with E-state index in [1.807, 2.05) is 42.5 Å². The number of fused-ring (bicyclic) bond motifs is 1. The van der Waals surface area contributed by atoms with E-state index in [1.165, 1.54) is 0 Å². The summed E-state index contributed by atoms with van der Waals surface area (Å²) in [5.74, 6) is 1.23. The number of H-pyrrole nitrogens is 1. The minimum atomic E-state index is -0.111. The molecule has 30 heavy (non-hydrogen) atoms. The zero-order valence-electron chi connectivity index (χ0n) is 17.3. The Morgan fingerprint density at radius 2 is 2.10 bits per heavy atom. The van der Waals surface area contributed by atoms with E-state index in [0.29, 0.717) is 18.2 Å². The first-order valence-corrected chi connectivity index (χ1v) is 10.5. The molecule has 156 valence electrons. The Morgan fingerprint density at radius 1 is 1.27 bits per heavy atom. The number of nitrogens with one attached hydrogen (secondary N) is 2. The first kappa shape index (κ1) is 20.2. The van der Waals surface area contributed by atoms with Crippen LogP contribution in [0, 0.1) is 5.92 Å². The van der Waals surface area contributed by atoms with Gasteiger partial charge in [-0.1, -0.05) is 48.6 Å². The molecule has 1 aliphatic rings. The molecule has 2 aromatic carbocycles. The third-order valence-corrected chi connectivity index (χ3v) is 5.64. The van der Waals surface area contributed by atoms with Crippen LogP contribution in [0.25, 0.3) is 17.0 Å². The Bertz CT molecular complexity index is 1030. The van der Waals surface area contributed by atoms with Gasteiger partial charge in [-0.05, 0) is 37.4 Å². The van der Waals surface area contributed by atoms with Gasteiger partial charge in [0, 0.05) is 30.6 Å². The second-order valence-electron chi connectivity index (χ2n) is 7.74. The Kier molecular flexibility index (Phi) is 6.44. The lowest BCUT2D eigenvalue weighted by Gasteiger charge is -2.32. The van der Waals surface area contributed by atoms with Crippen molar-refractivity contribution in [3.8, 4) is 5.75 Å². The molecular weight excluding hydrogens is 376 g/mol. The highest BCUT2D eigenvalue weighted by Gasteiger charge is 2.21. The standard InChI is InChI=1S/C24H28N4O2/c1-30-22-13-5-2-9-19(22)10-7-15-28-14-6-8-18(17-28)16-25-24(29)23-20-11-3-4-12-21(20)26-27-23/h2-5,7,9-13,18H,6,8,14-17H2,1H3,(H,25,29)(H,26,27). The van der Waals surface area contributed by atoms with Crippen LogP contribution >= 0.6 is 0 Å². The molecule has 1 aliphatic heterocycles. The van der Waals surface area contributed by atoms with Crippen molar-refractivity contribution in [2.45, 2.75) is 12.8 Å². The van der Waals surface area contributed by atoms with Gasteiger partial charge in [-0.2, -0.15) is 5.10 Å². The van der Waals surface area contributed by atoms with Crippen molar-refractivity contribution in [1.29, 1.82) is 0 Å². The van der Waals surface area contributed by atoms with Crippen LogP contribution in [0.4, 0.5) is 0 Å². The number of nitrogens with zero attached hydrogens (tertiary/aromatic N) is 2. The summed E-state index contributed by atoms with van der Waals surface area (Å²) in [6, 6.07) is 15.7. The maximum Gasteiger partial charge on any atom is 0.272 e. The van der Waals surface area contributed by atoms with Crippen molar-refractivity contribution >= 4 is 22.9 Å². The number of carbonyl (C=O) groups is 1.